The Morgan fingerprint density at radius 3 is 2.90 bits per heavy atom. The Bertz CT molecular complexity index is 1050. The molecule has 2 saturated heterocycles. The zero-order chi connectivity index (χ0) is 21.2. The van der Waals surface area contributed by atoms with Crippen LogP contribution in [0.25, 0.3) is 11.0 Å². The van der Waals surface area contributed by atoms with Gasteiger partial charge in [-0.15, -0.1) is 0 Å². The summed E-state index contributed by atoms with van der Waals surface area (Å²) in [6.07, 6.45) is 3.85. The molecule has 0 saturated carbocycles. The first-order valence-corrected chi connectivity index (χ1v) is 10.7. The van der Waals surface area contributed by atoms with Crippen molar-refractivity contribution < 1.29 is 18.8 Å². The van der Waals surface area contributed by atoms with Gasteiger partial charge in [0.05, 0.1) is 25.3 Å². The molecule has 2 aromatic heterocycles. The number of hydrogen-bond acceptors (Lipinski definition) is 8. The number of piperazine rings is 1. The molecule has 0 bridgehead atoms. The fraction of sp³-hybridized carbons (Fsp3) is 0.435. The number of fused-ring (bicyclic) bond motifs is 2. The second-order valence-corrected chi connectivity index (χ2v) is 8.22. The lowest BCUT2D eigenvalue weighted by Crippen LogP contribution is -2.57. The minimum atomic E-state index is -0.442. The van der Waals surface area contributed by atoms with Crippen molar-refractivity contribution in [1.29, 1.82) is 0 Å². The van der Waals surface area contributed by atoms with Crippen LogP contribution >= 0.6 is 0 Å². The molecule has 8 heteroatoms. The van der Waals surface area contributed by atoms with E-state index in [1.165, 1.54) is 7.11 Å². The van der Waals surface area contributed by atoms with Gasteiger partial charge in [0.1, 0.15) is 11.4 Å². The van der Waals surface area contributed by atoms with Crippen molar-refractivity contribution in [3.63, 3.8) is 0 Å². The molecule has 2 atom stereocenters. The Morgan fingerprint density at radius 1 is 1.16 bits per heavy atom. The van der Waals surface area contributed by atoms with E-state index in [9.17, 15) is 4.79 Å². The molecule has 0 aliphatic carbocycles. The van der Waals surface area contributed by atoms with Crippen LogP contribution in [0.15, 0.2) is 47.1 Å². The third-order valence-electron chi connectivity index (χ3n) is 6.28. The second-order valence-electron chi connectivity index (χ2n) is 8.22. The van der Waals surface area contributed by atoms with E-state index in [-0.39, 0.29) is 5.69 Å². The Balaban J connectivity index is 1.15. The summed E-state index contributed by atoms with van der Waals surface area (Å²) in [6.45, 7) is 4.62. The highest BCUT2D eigenvalue weighted by Gasteiger charge is 2.34. The maximum Gasteiger partial charge on any atom is 0.356 e. The van der Waals surface area contributed by atoms with Gasteiger partial charge in [-0.2, -0.15) is 0 Å². The number of ether oxygens (including phenoxy) is 2. The first kappa shape index (κ1) is 19.8. The summed E-state index contributed by atoms with van der Waals surface area (Å²) in [6, 6.07) is 12.0. The van der Waals surface area contributed by atoms with Crippen LogP contribution in [0.3, 0.4) is 0 Å². The van der Waals surface area contributed by atoms with Crippen LogP contribution in [0.1, 0.15) is 23.3 Å². The van der Waals surface area contributed by atoms with Crippen LogP contribution in [0, 0.1) is 5.92 Å². The highest BCUT2D eigenvalue weighted by molar-refractivity contribution is 5.88. The number of carbonyl (C=O) groups is 1. The van der Waals surface area contributed by atoms with E-state index in [1.54, 1.807) is 18.3 Å². The van der Waals surface area contributed by atoms with Gasteiger partial charge in [0.25, 0.3) is 0 Å². The van der Waals surface area contributed by atoms with Crippen molar-refractivity contribution in [1.82, 2.24) is 15.0 Å². The number of carbonyl (C=O) groups excluding carboxylic acids is 1. The van der Waals surface area contributed by atoms with Gasteiger partial charge < -0.3 is 18.9 Å². The van der Waals surface area contributed by atoms with Gasteiger partial charge in [-0.25, -0.2) is 9.78 Å². The van der Waals surface area contributed by atoms with Crippen LogP contribution in [0.2, 0.25) is 0 Å². The van der Waals surface area contributed by atoms with Crippen molar-refractivity contribution in [2.75, 3.05) is 44.8 Å². The zero-order valence-corrected chi connectivity index (χ0v) is 17.6. The monoisotopic (exact) mass is 422 g/mol. The van der Waals surface area contributed by atoms with E-state index in [0.717, 1.165) is 55.8 Å². The van der Waals surface area contributed by atoms with Crippen molar-refractivity contribution >= 4 is 22.8 Å². The van der Waals surface area contributed by atoms with E-state index < -0.39 is 5.97 Å². The van der Waals surface area contributed by atoms with E-state index in [4.69, 9.17) is 9.26 Å². The van der Waals surface area contributed by atoms with Gasteiger partial charge in [0.15, 0.2) is 11.4 Å². The molecule has 0 unspecified atom stereocenters. The summed E-state index contributed by atoms with van der Waals surface area (Å²) in [4.78, 5) is 20.5. The Labute approximate surface area is 180 Å². The molecule has 162 valence electrons. The molecule has 8 nitrogen and oxygen atoms in total. The molecule has 2 aliphatic heterocycles. The van der Waals surface area contributed by atoms with Crippen LogP contribution < -0.4 is 9.64 Å². The molecule has 2 aliphatic rings. The van der Waals surface area contributed by atoms with Crippen molar-refractivity contribution in [3.05, 3.63) is 48.3 Å². The quantitative estimate of drug-likeness (QED) is 0.581. The molecule has 1 aromatic carbocycles. The maximum absolute atomic E-state index is 11.5. The molecule has 4 heterocycles. The first-order chi connectivity index (χ1) is 15.2. The van der Waals surface area contributed by atoms with Gasteiger partial charge in [-0.1, -0.05) is 17.3 Å². The van der Waals surface area contributed by atoms with Gasteiger partial charge in [0, 0.05) is 38.1 Å². The summed E-state index contributed by atoms with van der Waals surface area (Å²) in [5, 5.41) is 5.42. The fourth-order valence-electron chi connectivity index (χ4n) is 4.59. The third kappa shape index (κ3) is 4.07. The number of nitrogens with zero attached hydrogens (tertiary/aromatic N) is 4. The lowest BCUT2D eigenvalue weighted by molar-refractivity contribution is 0.0593. The molecular weight excluding hydrogens is 396 g/mol. The van der Waals surface area contributed by atoms with Crippen molar-refractivity contribution in [2.45, 2.75) is 18.9 Å². The maximum atomic E-state index is 11.5. The SMILES string of the molecule is COC(=O)c1ccc(OC[C@@H]2CC[C@H]3CN(c4noc5ccccc45)CCN3C2)cn1. The number of benzene rings is 1. The van der Waals surface area contributed by atoms with Gasteiger partial charge in [-0.05, 0) is 37.1 Å². The molecule has 0 amide bonds. The van der Waals surface area contributed by atoms with Crippen LogP contribution in [0.4, 0.5) is 5.82 Å². The third-order valence-corrected chi connectivity index (χ3v) is 6.28. The van der Waals surface area contributed by atoms with E-state index in [1.807, 2.05) is 18.2 Å². The average molecular weight is 422 g/mol. The second kappa shape index (κ2) is 8.55. The highest BCUT2D eigenvalue weighted by Crippen LogP contribution is 2.31. The minimum absolute atomic E-state index is 0.285. The number of anilines is 1. The molecule has 31 heavy (non-hydrogen) atoms. The van der Waals surface area contributed by atoms with Crippen molar-refractivity contribution in [3.8, 4) is 5.75 Å². The Morgan fingerprint density at radius 2 is 2.06 bits per heavy atom. The first-order valence-electron chi connectivity index (χ1n) is 10.7. The number of para-hydroxylation sites is 1. The predicted molar refractivity (Wildman–Crippen MR) is 115 cm³/mol. The van der Waals surface area contributed by atoms with E-state index in [0.29, 0.717) is 24.3 Å². The number of piperidine rings is 1. The summed E-state index contributed by atoms with van der Waals surface area (Å²) < 4.78 is 16.1. The molecule has 0 spiro atoms. The van der Waals surface area contributed by atoms with Crippen LogP contribution in [-0.2, 0) is 4.74 Å². The number of esters is 1. The summed E-state index contributed by atoms with van der Waals surface area (Å²) in [5.41, 5.74) is 1.13. The standard InChI is InChI=1S/C23H26N4O4/c1-29-23(28)20-9-8-18(12-24-20)30-15-16-6-7-17-14-27(11-10-26(17)13-16)22-19-4-2-3-5-21(19)31-25-22/h2-5,8-9,12,16-17H,6-7,10-11,13-15H2,1H3/t16-,17+/m1/s1. The number of rotatable bonds is 5. The normalized spacial score (nSPS) is 21.6. The lowest BCUT2D eigenvalue weighted by atomic mass is 9.91. The van der Waals surface area contributed by atoms with E-state index >= 15 is 0 Å². The Hall–Kier alpha value is -3.13. The fourth-order valence-corrected chi connectivity index (χ4v) is 4.59. The minimum Gasteiger partial charge on any atom is -0.492 e. The number of pyridine rings is 1. The molecule has 0 radical (unpaired) electrons. The molecule has 5 rings (SSSR count). The largest absolute Gasteiger partial charge is 0.492 e. The van der Waals surface area contributed by atoms with Gasteiger partial charge in [-0.3, -0.25) is 4.90 Å². The summed E-state index contributed by atoms with van der Waals surface area (Å²) in [5.74, 6) is 1.68. The average Bonchev–Trinajstić information content (AvgIpc) is 3.26. The molecular formula is C23H26N4O4. The summed E-state index contributed by atoms with van der Waals surface area (Å²) in [7, 11) is 1.35. The molecule has 2 fully saturated rings. The number of methoxy groups -OCH3 is 1. The molecule has 0 N–H and O–H groups in total. The molecule has 3 aromatic rings. The lowest BCUT2D eigenvalue weighted by Gasteiger charge is -2.46. The predicted octanol–water partition coefficient (Wildman–Crippen LogP) is 2.99. The van der Waals surface area contributed by atoms with Crippen LogP contribution in [-0.4, -0.2) is 66.9 Å². The van der Waals surface area contributed by atoms with Gasteiger partial charge in [0.2, 0.25) is 0 Å². The van der Waals surface area contributed by atoms with Gasteiger partial charge >= 0.3 is 5.97 Å². The number of aromatic nitrogens is 2. The number of hydrogen-bond donors (Lipinski definition) is 0. The Kier molecular flexibility index (Phi) is 5.46. The van der Waals surface area contributed by atoms with Crippen LogP contribution in [0.5, 0.6) is 5.75 Å². The topological polar surface area (TPSA) is 80.9 Å². The van der Waals surface area contributed by atoms with E-state index in [2.05, 4.69) is 30.7 Å². The summed E-state index contributed by atoms with van der Waals surface area (Å²) >= 11 is 0. The highest BCUT2D eigenvalue weighted by atomic mass is 16.5. The smallest absolute Gasteiger partial charge is 0.356 e. The zero-order valence-electron chi connectivity index (χ0n) is 17.6. The van der Waals surface area contributed by atoms with Crippen molar-refractivity contribution in [2.24, 2.45) is 5.92 Å².